The molecule has 0 bridgehead atoms. The molecule has 0 saturated heterocycles. The van der Waals surface area contributed by atoms with E-state index in [-0.39, 0.29) is 5.82 Å². The van der Waals surface area contributed by atoms with Crippen molar-refractivity contribution < 1.29 is 8.78 Å². The highest BCUT2D eigenvalue weighted by Crippen LogP contribution is 2.31. The molecular weight excluding hydrogens is 358 g/mol. The zero-order valence-corrected chi connectivity index (χ0v) is 15.1. The lowest BCUT2D eigenvalue weighted by atomic mass is 10.0. The predicted octanol–water partition coefficient (Wildman–Crippen LogP) is 4.66. The Morgan fingerprint density at radius 2 is 1.88 bits per heavy atom. The van der Waals surface area contributed by atoms with E-state index in [4.69, 9.17) is 17.3 Å². The van der Waals surface area contributed by atoms with Crippen molar-refractivity contribution in [3.05, 3.63) is 76.2 Å². The number of rotatable bonds is 4. The predicted molar refractivity (Wildman–Crippen MR) is 99.9 cm³/mol. The Morgan fingerprint density at radius 1 is 1.12 bits per heavy atom. The molecule has 0 unspecified atom stereocenters. The van der Waals surface area contributed by atoms with Crippen molar-refractivity contribution >= 4 is 28.8 Å². The van der Waals surface area contributed by atoms with E-state index < -0.39 is 11.6 Å². The maximum Gasteiger partial charge on any atom is 0.168 e. The normalized spacial score (nSPS) is 10.8. The summed E-state index contributed by atoms with van der Waals surface area (Å²) in [7, 11) is 1.74. The molecule has 0 saturated carbocycles. The first-order chi connectivity index (χ1) is 12.4. The third-order valence-corrected chi connectivity index (χ3v) is 4.54. The summed E-state index contributed by atoms with van der Waals surface area (Å²) >= 11 is 5.82. The third kappa shape index (κ3) is 3.46. The topological polar surface area (TPSA) is 55.0 Å². The summed E-state index contributed by atoms with van der Waals surface area (Å²) < 4.78 is 28.4. The number of nitrogen functional groups attached to an aromatic ring is 1. The number of pyridine rings is 2. The van der Waals surface area contributed by atoms with Crippen molar-refractivity contribution in [3.8, 4) is 0 Å². The lowest BCUT2D eigenvalue weighted by Crippen LogP contribution is -2.14. The zero-order chi connectivity index (χ0) is 18.8. The summed E-state index contributed by atoms with van der Waals surface area (Å²) in [6, 6.07) is 6.07. The van der Waals surface area contributed by atoms with Crippen LogP contribution in [-0.4, -0.2) is 17.0 Å². The Hall–Kier alpha value is -2.73. The number of nitrogens with zero attached hydrogens (tertiary/aromatic N) is 3. The van der Waals surface area contributed by atoms with Crippen LogP contribution >= 0.6 is 11.6 Å². The lowest BCUT2D eigenvalue weighted by Gasteiger charge is -2.23. The second kappa shape index (κ2) is 7.25. The Morgan fingerprint density at radius 3 is 2.62 bits per heavy atom. The van der Waals surface area contributed by atoms with E-state index in [1.165, 1.54) is 12.3 Å². The molecule has 0 amide bonds. The molecule has 0 radical (unpaired) electrons. The fourth-order valence-electron chi connectivity index (χ4n) is 2.80. The van der Waals surface area contributed by atoms with Gasteiger partial charge >= 0.3 is 0 Å². The van der Waals surface area contributed by atoms with Crippen LogP contribution in [0.15, 0.2) is 42.9 Å². The van der Waals surface area contributed by atoms with E-state index in [9.17, 15) is 8.78 Å². The molecule has 2 aromatic heterocycles. The minimum Gasteiger partial charge on any atom is -0.381 e. The van der Waals surface area contributed by atoms with Crippen LogP contribution in [0.3, 0.4) is 0 Å². The molecular formula is C19H17ClF2N4. The van der Waals surface area contributed by atoms with E-state index in [1.807, 2.05) is 6.92 Å². The molecule has 0 spiro atoms. The van der Waals surface area contributed by atoms with E-state index in [0.717, 1.165) is 11.1 Å². The van der Waals surface area contributed by atoms with Crippen LogP contribution in [0.2, 0.25) is 5.02 Å². The van der Waals surface area contributed by atoms with Gasteiger partial charge in [0.25, 0.3) is 0 Å². The number of hydrogen-bond donors (Lipinski definition) is 1. The van der Waals surface area contributed by atoms with Gasteiger partial charge in [0.15, 0.2) is 11.6 Å². The molecule has 2 N–H and O–H groups in total. The second-order valence-electron chi connectivity index (χ2n) is 5.94. The summed E-state index contributed by atoms with van der Waals surface area (Å²) in [4.78, 5) is 9.65. The molecule has 7 heteroatoms. The number of anilines is 3. The molecule has 0 aliphatic carbocycles. The van der Waals surface area contributed by atoms with Gasteiger partial charge in [0, 0.05) is 30.9 Å². The standard InChI is InChI=1S/C19H17ClF2N4/c1-11-13(7-12-5-6-25-19(23)18(12)22)9-24-10-17(11)26(2)16-4-3-14(20)8-15(16)21/h3-6,8-10H,7H2,1-2H3,(H2,23,25). The molecule has 0 aliphatic rings. The average Bonchev–Trinajstić information content (AvgIpc) is 2.60. The van der Waals surface area contributed by atoms with Crippen LogP contribution < -0.4 is 10.6 Å². The van der Waals surface area contributed by atoms with Crippen molar-refractivity contribution in [1.82, 2.24) is 9.97 Å². The molecule has 2 heterocycles. The SMILES string of the molecule is Cc1c(Cc2ccnc(N)c2F)cncc1N(C)c1ccc(Cl)cc1F. The van der Waals surface area contributed by atoms with Gasteiger partial charge in [-0.15, -0.1) is 0 Å². The van der Waals surface area contributed by atoms with Gasteiger partial charge in [0.2, 0.25) is 0 Å². The maximum absolute atomic E-state index is 14.2. The second-order valence-corrected chi connectivity index (χ2v) is 6.38. The molecule has 3 aromatic rings. The van der Waals surface area contributed by atoms with Crippen molar-refractivity contribution in [1.29, 1.82) is 0 Å². The summed E-state index contributed by atoms with van der Waals surface area (Å²) in [5.74, 6) is -1.10. The molecule has 0 fully saturated rings. The van der Waals surface area contributed by atoms with Gasteiger partial charge in [-0.2, -0.15) is 0 Å². The highest BCUT2D eigenvalue weighted by molar-refractivity contribution is 6.30. The summed E-state index contributed by atoms with van der Waals surface area (Å²) in [6.07, 6.45) is 5.09. The van der Waals surface area contributed by atoms with E-state index in [2.05, 4.69) is 9.97 Å². The number of nitrogens with two attached hydrogens (primary N) is 1. The van der Waals surface area contributed by atoms with Crippen LogP contribution in [0.4, 0.5) is 26.0 Å². The lowest BCUT2D eigenvalue weighted by molar-refractivity contribution is 0.613. The summed E-state index contributed by atoms with van der Waals surface area (Å²) in [5.41, 5.74) is 8.73. The highest BCUT2D eigenvalue weighted by Gasteiger charge is 2.16. The molecule has 0 atom stereocenters. The molecule has 134 valence electrons. The van der Waals surface area contributed by atoms with Crippen LogP contribution in [0.5, 0.6) is 0 Å². The Labute approximate surface area is 155 Å². The maximum atomic E-state index is 14.2. The van der Waals surface area contributed by atoms with Crippen molar-refractivity contribution in [2.45, 2.75) is 13.3 Å². The van der Waals surface area contributed by atoms with Crippen LogP contribution in [-0.2, 0) is 6.42 Å². The number of hydrogen-bond acceptors (Lipinski definition) is 4. The fourth-order valence-corrected chi connectivity index (χ4v) is 2.96. The van der Waals surface area contributed by atoms with Gasteiger partial charge in [-0.1, -0.05) is 11.6 Å². The molecule has 0 aliphatic heterocycles. The summed E-state index contributed by atoms with van der Waals surface area (Å²) in [5, 5.41) is 0.328. The number of halogens is 3. The minimum atomic E-state index is -0.533. The van der Waals surface area contributed by atoms with E-state index >= 15 is 0 Å². The van der Waals surface area contributed by atoms with Crippen LogP contribution in [0.1, 0.15) is 16.7 Å². The Bertz CT molecular complexity index is 962. The summed E-state index contributed by atoms with van der Waals surface area (Å²) in [6.45, 7) is 1.89. The van der Waals surface area contributed by atoms with Gasteiger partial charge < -0.3 is 10.6 Å². The smallest absolute Gasteiger partial charge is 0.168 e. The quantitative estimate of drug-likeness (QED) is 0.721. The van der Waals surface area contributed by atoms with E-state index in [0.29, 0.717) is 28.4 Å². The van der Waals surface area contributed by atoms with Crippen molar-refractivity contribution in [2.75, 3.05) is 17.7 Å². The Kier molecular flexibility index (Phi) is 5.04. The van der Waals surface area contributed by atoms with Gasteiger partial charge in [-0.05, 0) is 47.9 Å². The first-order valence-corrected chi connectivity index (χ1v) is 8.27. The zero-order valence-electron chi connectivity index (χ0n) is 14.3. The van der Waals surface area contributed by atoms with Crippen LogP contribution in [0.25, 0.3) is 0 Å². The molecule has 26 heavy (non-hydrogen) atoms. The monoisotopic (exact) mass is 374 g/mol. The number of benzene rings is 1. The first kappa shape index (κ1) is 18.1. The van der Waals surface area contributed by atoms with Gasteiger partial charge in [-0.25, -0.2) is 13.8 Å². The molecule has 3 rings (SSSR count). The largest absolute Gasteiger partial charge is 0.381 e. The van der Waals surface area contributed by atoms with Gasteiger partial charge in [0.1, 0.15) is 5.82 Å². The minimum absolute atomic E-state index is 0.135. The number of aromatic nitrogens is 2. The first-order valence-electron chi connectivity index (χ1n) is 7.89. The Balaban J connectivity index is 1.98. The van der Waals surface area contributed by atoms with Crippen LogP contribution in [0, 0.1) is 18.6 Å². The van der Waals surface area contributed by atoms with Gasteiger partial charge in [-0.3, -0.25) is 4.98 Å². The average molecular weight is 375 g/mol. The molecule has 1 aromatic carbocycles. The highest BCUT2D eigenvalue weighted by atomic mass is 35.5. The van der Waals surface area contributed by atoms with Gasteiger partial charge in [0.05, 0.1) is 17.6 Å². The third-order valence-electron chi connectivity index (χ3n) is 4.30. The molecule has 4 nitrogen and oxygen atoms in total. The van der Waals surface area contributed by atoms with Crippen molar-refractivity contribution in [3.63, 3.8) is 0 Å². The van der Waals surface area contributed by atoms with Crippen molar-refractivity contribution in [2.24, 2.45) is 0 Å². The van der Waals surface area contributed by atoms with E-state index in [1.54, 1.807) is 42.5 Å². The fraction of sp³-hybridized carbons (Fsp3) is 0.158.